The molecule has 1 aromatic heterocycles. The molecular formula is C21H19N5. The Morgan fingerprint density at radius 2 is 1.42 bits per heavy atom. The van der Waals surface area contributed by atoms with Crippen LogP contribution in [0, 0.1) is 0 Å². The zero-order valence-corrected chi connectivity index (χ0v) is 14.1. The SMILES string of the molecule is N/N=C(/c1ccccc1)N(N)c1c(-c2ccccc2)[nH]c2ccccc12. The third kappa shape index (κ3) is 2.70. The summed E-state index contributed by atoms with van der Waals surface area (Å²) >= 11 is 0. The Hall–Kier alpha value is -3.57. The van der Waals surface area contributed by atoms with E-state index in [2.05, 4.69) is 10.1 Å². The number of hydrogen-bond acceptors (Lipinski definition) is 3. The highest BCUT2D eigenvalue weighted by molar-refractivity contribution is 6.15. The molecule has 0 saturated carbocycles. The molecule has 0 atom stereocenters. The zero-order valence-electron chi connectivity index (χ0n) is 14.1. The van der Waals surface area contributed by atoms with E-state index in [1.165, 1.54) is 0 Å². The second kappa shape index (κ2) is 6.74. The number of fused-ring (bicyclic) bond motifs is 1. The summed E-state index contributed by atoms with van der Waals surface area (Å²) in [6, 6.07) is 27.8. The van der Waals surface area contributed by atoms with Gasteiger partial charge < -0.3 is 10.8 Å². The van der Waals surface area contributed by atoms with E-state index < -0.39 is 0 Å². The van der Waals surface area contributed by atoms with E-state index in [4.69, 9.17) is 11.7 Å². The van der Waals surface area contributed by atoms with Crippen molar-refractivity contribution in [2.24, 2.45) is 16.8 Å². The maximum atomic E-state index is 6.53. The van der Waals surface area contributed by atoms with Crippen molar-refractivity contribution >= 4 is 22.4 Å². The van der Waals surface area contributed by atoms with Gasteiger partial charge in [-0.25, -0.2) is 5.84 Å². The monoisotopic (exact) mass is 341 g/mol. The van der Waals surface area contributed by atoms with Crippen LogP contribution in [0.2, 0.25) is 0 Å². The van der Waals surface area contributed by atoms with Gasteiger partial charge >= 0.3 is 0 Å². The lowest BCUT2D eigenvalue weighted by molar-refractivity contribution is 1.10. The first kappa shape index (κ1) is 15.9. The van der Waals surface area contributed by atoms with E-state index >= 15 is 0 Å². The van der Waals surface area contributed by atoms with Crippen LogP contribution in [0.25, 0.3) is 22.2 Å². The molecule has 0 fully saturated rings. The topological polar surface area (TPSA) is 83.4 Å². The van der Waals surface area contributed by atoms with Gasteiger partial charge in [-0.15, -0.1) is 0 Å². The first-order chi connectivity index (χ1) is 12.8. The summed E-state index contributed by atoms with van der Waals surface area (Å²) in [5.41, 5.74) is 4.65. The van der Waals surface area contributed by atoms with Gasteiger partial charge in [-0.1, -0.05) is 78.9 Å². The molecule has 4 aromatic rings. The summed E-state index contributed by atoms with van der Waals surface area (Å²) in [5.74, 6) is 12.7. The van der Waals surface area contributed by atoms with Crippen LogP contribution in [0.3, 0.4) is 0 Å². The number of hydrazine groups is 1. The fourth-order valence-electron chi connectivity index (χ4n) is 3.16. The maximum absolute atomic E-state index is 6.53. The molecule has 1 heterocycles. The largest absolute Gasteiger partial charge is 0.353 e. The number of amidine groups is 1. The molecule has 4 rings (SSSR count). The third-order valence-electron chi connectivity index (χ3n) is 4.36. The van der Waals surface area contributed by atoms with Crippen LogP contribution < -0.4 is 16.7 Å². The van der Waals surface area contributed by atoms with E-state index in [-0.39, 0.29) is 0 Å². The average molecular weight is 341 g/mol. The van der Waals surface area contributed by atoms with Crippen molar-refractivity contribution in [2.45, 2.75) is 0 Å². The lowest BCUT2D eigenvalue weighted by Gasteiger charge is -2.21. The number of hydrogen-bond donors (Lipinski definition) is 3. The number of hydrazone groups is 1. The molecule has 0 aliphatic rings. The Balaban J connectivity index is 1.92. The molecule has 128 valence electrons. The number of nitrogens with one attached hydrogen (secondary N) is 1. The van der Waals surface area contributed by atoms with Gasteiger partial charge in [0.1, 0.15) is 0 Å². The molecule has 0 aliphatic heterocycles. The van der Waals surface area contributed by atoms with Crippen molar-refractivity contribution in [1.82, 2.24) is 4.98 Å². The summed E-state index contributed by atoms with van der Waals surface area (Å²) in [4.78, 5) is 3.47. The van der Waals surface area contributed by atoms with Gasteiger partial charge in [-0.2, -0.15) is 5.10 Å². The molecular weight excluding hydrogens is 322 g/mol. The Bertz CT molecular complexity index is 1050. The van der Waals surface area contributed by atoms with Gasteiger partial charge in [-0.05, 0) is 6.07 Å². The number of nitrogens with zero attached hydrogens (tertiary/aromatic N) is 2. The molecule has 0 unspecified atom stereocenters. The van der Waals surface area contributed by atoms with Crippen LogP contribution in [0.5, 0.6) is 0 Å². The van der Waals surface area contributed by atoms with Crippen molar-refractivity contribution in [1.29, 1.82) is 0 Å². The summed E-state index contributed by atoms with van der Waals surface area (Å²) < 4.78 is 0. The second-order valence-electron chi connectivity index (χ2n) is 5.95. The highest BCUT2D eigenvalue weighted by atomic mass is 15.5. The number of rotatable bonds is 3. The summed E-state index contributed by atoms with van der Waals surface area (Å²) in [7, 11) is 0. The van der Waals surface area contributed by atoms with Crippen LogP contribution in [0.4, 0.5) is 5.69 Å². The van der Waals surface area contributed by atoms with Crippen LogP contribution in [-0.2, 0) is 0 Å². The van der Waals surface area contributed by atoms with Gasteiger partial charge in [0.05, 0.1) is 11.4 Å². The van der Waals surface area contributed by atoms with Crippen molar-refractivity contribution < 1.29 is 0 Å². The predicted octanol–water partition coefficient (Wildman–Crippen LogP) is 3.84. The molecule has 5 nitrogen and oxygen atoms in total. The van der Waals surface area contributed by atoms with Crippen molar-refractivity contribution in [2.75, 3.05) is 5.01 Å². The quantitative estimate of drug-likeness (QED) is 0.229. The zero-order chi connectivity index (χ0) is 17.9. The molecule has 0 aliphatic carbocycles. The maximum Gasteiger partial charge on any atom is 0.174 e. The Morgan fingerprint density at radius 1 is 0.808 bits per heavy atom. The molecule has 0 amide bonds. The lowest BCUT2D eigenvalue weighted by atomic mass is 10.1. The highest BCUT2D eigenvalue weighted by Gasteiger charge is 2.21. The number of anilines is 1. The molecule has 5 N–H and O–H groups in total. The number of H-pyrrole nitrogens is 1. The minimum atomic E-state index is 0.493. The number of para-hydroxylation sites is 1. The Morgan fingerprint density at radius 3 is 2.12 bits per heavy atom. The van der Waals surface area contributed by atoms with Crippen molar-refractivity contribution in [3.63, 3.8) is 0 Å². The molecule has 26 heavy (non-hydrogen) atoms. The Labute approximate surface area is 151 Å². The van der Waals surface area contributed by atoms with Crippen LogP contribution >= 0.6 is 0 Å². The van der Waals surface area contributed by atoms with E-state index in [1.807, 2.05) is 84.9 Å². The van der Waals surface area contributed by atoms with Gasteiger partial charge in [-0.3, -0.25) is 5.01 Å². The fourth-order valence-corrected chi connectivity index (χ4v) is 3.16. The first-order valence-electron chi connectivity index (χ1n) is 8.34. The summed E-state index contributed by atoms with van der Waals surface area (Å²) in [5, 5.41) is 6.52. The summed E-state index contributed by atoms with van der Waals surface area (Å²) in [6.07, 6.45) is 0. The fraction of sp³-hybridized carbons (Fsp3) is 0. The normalized spacial score (nSPS) is 11.7. The van der Waals surface area contributed by atoms with Gasteiger partial charge in [0.15, 0.2) is 5.84 Å². The number of aromatic amines is 1. The number of aromatic nitrogens is 1. The third-order valence-corrected chi connectivity index (χ3v) is 4.36. The number of nitrogens with two attached hydrogens (primary N) is 2. The lowest BCUT2D eigenvalue weighted by Crippen LogP contribution is -2.39. The van der Waals surface area contributed by atoms with Crippen LogP contribution in [0.1, 0.15) is 5.56 Å². The predicted molar refractivity (Wildman–Crippen MR) is 108 cm³/mol. The smallest absolute Gasteiger partial charge is 0.174 e. The van der Waals surface area contributed by atoms with E-state index in [9.17, 15) is 0 Å². The van der Waals surface area contributed by atoms with E-state index in [1.54, 1.807) is 5.01 Å². The molecule has 3 aromatic carbocycles. The van der Waals surface area contributed by atoms with Gasteiger partial charge in [0.2, 0.25) is 0 Å². The van der Waals surface area contributed by atoms with Crippen LogP contribution in [0.15, 0.2) is 90.0 Å². The Kier molecular flexibility index (Phi) is 4.13. The standard InChI is InChI=1S/C21H19N5/c22-25-21(16-11-5-2-6-12-16)26(23)20-17-13-7-8-14-18(17)24-19(20)15-9-3-1-4-10-15/h1-14,24H,22-23H2/b25-21-. The number of benzene rings is 3. The van der Waals surface area contributed by atoms with Gasteiger partial charge in [0, 0.05) is 22.0 Å². The van der Waals surface area contributed by atoms with E-state index in [0.29, 0.717) is 5.84 Å². The van der Waals surface area contributed by atoms with E-state index in [0.717, 1.165) is 33.4 Å². The minimum absolute atomic E-state index is 0.493. The molecule has 0 saturated heterocycles. The first-order valence-corrected chi connectivity index (χ1v) is 8.34. The molecule has 0 spiro atoms. The van der Waals surface area contributed by atoms with Gasteiger partial charge in [0.25, 0.3) is 0 Å². The van der Waals surface area contributed by atoms with Crippen molar-refractivity contribution in [3.05, 3.63) is 90.5 Å². The van der Waals surface area contributed by atoms with Crippen molar-refractivity contribution in [3.8, 4) is 11.3 Å². The molecule has 5 heteroatoms. The average Bonchev–Trinajstić information content (AvgIpc) is 3.09. The molecule has 0 radical (unpaired) electrons. The minimum Gasteiger partial charge on any atom is -0.353 e. The second-order valence-corrected chi connectivity index (χ2v) is 5.95. The molecule has 0 bridgehead atoms. The summed E-state index contributed by atoms with van der Waals surface area (Å²) in [6.45, 7) is 0. The van der Waals surface area contributed by atoms with Crippen LogP contribution in [-0.4, -0.2) is 10.8 Å². The highest BCUT2D eigenvalue weighted by Crippen LogP contribution is 2.37.